The van der Waals surface area contributed by atoms with E-state index in [4.69, 9.17) is 0 Å². The van der Waals surface area contributed by atoms with Gasteiger partial charge in [0.25, 0.3) is 5.91 Å². The Bertz CT molecular complexity index is 646. The van der Waals surface area contributed by atoms with E-state index in [-0.39, 0.29) is 11.3 Å². The highest BCUT2D eigenvalue weighted by molar-refractivity contribution is 14.1. The van der Waals surface area contributed by atoms with Crippen LogP contribution in [0.1, 0.15) is 36.8 Å². The van der Waals surface area contributed by atoms with Crippen LogP contribution in [0.25, 0.3) is 0 Å². The Morgan fingerprint density at radius 2 is 2.05 bits per heavy atom. The maximum absolute atomic E-state index is 12.3. The SMILES string of the molecule is CC(C)(C)c1cc(NC(=O)c2cc(Br)ccc2I)n[nH]1. The van der Waals surface area contributed by atoms with Crippen molar-refractivity contribution in [1.82, 2.24) is 10.2 Å². The minimum Gasteiger partial charge on any atom is -0.305 e. The van der Waals surface area contributed by atoms with E-state index in [0.29, 0.717) is 11.4 Å². The number of hydrogen-bond donors (Lipinski definition) is 2. The van der Waals surface area contributed by atoms with Gasteiger partial charge in [-0.15, -0.1) is 0 Å². The van der Waals surface area contributed by atoms with Crippen LogP contribution in [0, 0.1) is 3.57 Å². The lowest BCUT2D eigenvalue weighted by Gasteiger charge is -2.14. The second kappa shape index (κ2) is 5.85. The van der Waals surface area contributed by atoms with Crippen molar-refractivity contribution >= 4 is 50.2 Å². The zero-order valence-electron chi connectivity index (χ0n) is 11.4. The average molecular weight is 448 g/mol. The van der Waals surface area contributed by atoms with Crippen molar-refractivity contribution in [3.8, 4) is 0 Å². The van der Waals surface area contributed by atoms with Gasteiger partial charge in [-0.25, -0.2) is 0 Å². The van der Waals surface area contributed by atoms with Gasteiger partial charge in [0.1, 0.15) is 0 Å². The molecule has 2 rings (SSSR count). The molecule has 106 valence electrons. The van der Waals surface area contributed by atoms with Crippen LogP contribution in [0.5, 0.6) is 0 Å². The smallest absolute Gasteiger partial charge is 0.257 e. The number of aromatic amines is 1. The summed E-state index contributed by atoms with van der Waals surface area (Å²) < 4.78 is 1.77. The monoisotopic (exact) mass is 447 g/mol. The number of amides is 1. The molecule has 2 N–H and O–H groups in total. The molecule has 0 radical (unpaired) electrons. The molecule has 0 spiro atoms. The Hall–Kier alpha value is -0.890. The van der Waals surface area contributed by atoms with E-state index in [1.807, 2.05) is 18.2 Å². The molecule has 2 aromatic rings. The third kappa shape index (κ3) is 3.60. The number of nitrogens with zero attached hydrogens (tertiary/aromatic N) is 1. The minimum atomic E-state index is -0.164. The first-order chi connectivity index (χ1) is 9.27. The van der Waals surface area contributed by atoms with Gasteiger partial charge >= 0.3 is 0 Å². The van der Waals surface area contributed by atoms with Crippen molar-refractivity contribution in [3.05, 3.63) is 43.6 Å². The predicted octanol–water partition coefficient (Wildman–Crippen LogP) is 4.33. The number of anilines is 1. The number of carbonyl (C=O) groups is 1. The number of hydrogen-bond acceptors (Lipinski definition) is 2. The summed E-state index contributed by atoms with van der Waals surface area (Å²) in [5.41, 5.74) is 1.58. The minimum absolute atomic E-state index is 0.0276. The van der Waals surface area contributed by atoms with Gasteiger partial charge < -0.3 is 5.32 Å². The van der Waals surface area contributed by atoms with Crippen molar-refractivity contribution in [1.29, 1.82) is 0 Å². The molecule has 0 fully saturated rings. The normalized spacial score (nSPS) is 11.4. The van der Waals surface area contributed by atoms with E-state index in [1.165, 1.54) is 0 Å². The maximum Gasteiger partial charge on any atom is 0.257 e. The van der Waals surface area contributed by atoms with Crippen LogP contribution in [-0.4, -0.2) is 16.1 Å². The molecule has 6 heteroatoms. The van der Waals surface area contributed by atoms with Gasteiger partial charge in [-0.2, -0.15) is 5.10 Å². The fraction of sp³-hybridized carbons (Fsp3) is 0.286. The number of aromatic nitrogens is 2. The Morgan fingerprint density at radius 3 is 2.65 bits per heavy atom. The van der Waals surface area contributed by atoms with Crippen LogP contribution < -0.4 is 5.32 Å². The quantitative estimate of drug-likeness (QED) is 0.673. The van der Waals surface area contributed by atoms with Crippen molar-refractivity contribution in [3.63, 3.8) is 0 Å². The van der Waals surface area contributed by atoms with Gasteiger partial charge in [-0.1, -0.05) is 36.7 Å². The summed E-state index contributed by atoms with van der Waals surface area (Å²) in [5.74, 6) is 0.373. The molecule has 1 aromatic carbocycles. The number of carbonyl (C=O) groups excluding carboxylic acids is 1. The van der Waals surface area contributed by atoms with Gasteiger partial charge in [0, 0.05) is 25.2 Å². The summed E-state index contributed by atoms with van der Waals surface area (Å²) >= 11 is 5.52. The Balaban J connectivity index is 2.20. The zero-order valence-corrected chi connectivity index (χ0v) is 15.2. The number of H-pyrrole nitrogens is 1. The van der Waals surface area contributed by atoms with Gasteiger partial charge in [0.2, 0.25) is 0 Å². The standard InChI is InChI=1S/C14H15BrIN3O/c1-14(2,3)11-7-12(19-18-11)17-13(20)9-6-8(15)4-5-10(9)16/h4-7H,1-3H3,(H2,17,18,19,20). The highest BCUT2D eigenvalue weighted by atomic mass is 127. The molecule has 1 amide bonds. The number of rotatable bonds is 2. The van der Waals surface area contributed by atoms with Crippen molar-refractivity contribution in [2.24, 2.45) is 0 Å². The zero-order chi connectivity index (χ0) is 14.9. The second-order valence-electron chi connectivity index (χ2n) is 5.50. The van der Waals surface area contributed by atoms with E-state index in [9.17, 15) is 4.79 Å². The van der Waals surface area contributed by atoms with E-state index in [1.54, 1.807) is 6.07 Å². The molecule has 1 aromatic heterocycles. The third-order valence-electron chi connectivity index (χ3n) is 2.80. The van der Waals surface area contributed by atoms with Crippen LogP contribution in [0.4, 0.5) is 5.82 Å². The largest absolute Gasteiger partial charge is 0.305 e. The van der Waals surface area contributed by atoms with E-state index >= 15 is 0 Å². The molecular formula is C14H15BrIN3O. The second-order valence-corrected chi connectivity index (χ2v) is 7.57. The molecule has 0 atom stereocenters. The summed E-state index contributed by atoms with van der Waals surface area (Å²) in [6, 6.07) is 7.46. The fourth-order valence-corrected chi connectivity index (χ4v) is 2.57. The summed E-state index contributed by atoms with van der Waals surface area (Å²) in [6.45, 7) is 6.26. The van der Waals surface area contributed by atoms with Crippen LogP contribution >= 0.6 is 38.5 Å². The van der Waals surface area contributed by atoms with E-state index in [0.717, 1.165) is 13.7 Å². The summed E-state index contributed by atoms with van der Waals surface area (Å²) in [4.78, 5) is 12.3. The highest BCUT2D eigenvalue weighted by Crippen LogP contribution is 2.23. The third-order valence-corrected chi connectivity index (χ3v) is 4.23. The van der Waals surface area contributed by atoms with Crippen LogP contribution in [0.3, 0.4) is 0 Å². The van der Waals surface area contributed by atoms with Gasteiger partial charge in [-0.3, -0.25) is 9.89 Å². The lowest BCUT2D eigenvalue weighted by atomic mass is 9.92. The molecule has 0 saturated heterocycles. The first kappa shape index (κ1) is 15.5. The van der Waals surface area contributed by atoms with Crippen LogP contribution in [0.15, 0.2) is 28.7 Å². The number of halogens is 2. The van der Waals surface area contributed by atoms with Crippen molar-refractivity contribution in [2.75, 3.05) is 5.32 Å². The summed E-state index contributed by atoms with van der Waals surface area (Å²) in [5, 5.41) is 9.89. The molecule has 0 aliphatic carbocycles. The van der Waals surface area contributed by atoms with Crippen molar-refractivity contribution < 1.29 is 4.79 Å². The predicted molar refractivity (Wildman–Crippen MR) is 92.1 cm³/mol. The molecule has 20 heavy (non-hydrogen) atoms. The first-order valence-electron chi connectivity index (χ1n) is 6.09. The topological polar surface area (TPSA) is 57.8 Å². The van der Waals surface area contributed by atoms with E-state index < -0.39 is 0 Å². The highest BCUT2D eigenvalue weighted by Gasteiger charge is 2.18. The molecular weight excluding hydrogens is 433 g/mol. The van der Waals surface area contributed by atoms with E-state index in [2.05, 4.69) is 74.8 Å². The Kier molecular flexibility index (Phi) is 4.53. The summed E-state index contributed by atoms with van der Waals surface area (Å²) in [7, 11) is 0. The molecule has 0 aliphatic heterocycles. The fourth-order valence-electron chi connectivity index (χ4n) is 1.63. The molecule has 0 aliphatic rings. The lowest BCUT2D eigenvalue weighted by Crippen LogP contribution is -2.14. The maximum atomic E-state index is 12.3. The van der Waals surface area contributed by atoms with Crippen molar-refractivity contribution in [2.45, 2.75) is 26.2 Å². The molecule has 4 nitrogen and oxygen atoms in total. The molecule has 1 heterocycles. The summed E-state index contributed by atoms with van der Waals surface area (Å²) in [6.07, 6.45) is 0. The number of benzene rings is 1. The van der Waals surface area contributed by atoms with Crippen LogP contribution in [-0.2, 0) is 5.41 Å². The lowest BCUT2D eigenvalue weighted by molar-refractivity contribution is 0.102. The van der Waals surface area contributed by atoms with Gasteiger partial charge in [0.15, 0.2) is 5.82 Å². The van der Waals surface area contributed by atoms with Gasteiger partial charge in [-0.05, 0) is 40.8 Å². The molecule has 0 bridgehead atoms. The Morgan fingerprint density at radius 1 is 1.35 bits per heavy atom. The first-order valence-corrected chi connectivity index (χ1v) is 7.97. The average Bonchev–Trinajstić information content (AvgIpc) is 2.80. The Labute approximate surface area is 140 Å². The number of nitrogens with one attached hydrogen (secondary N) is 2. The molecule has 0 saturated carbocycles. The van der Waals surface area contributed by atoms with Crippen LogP contribution in [0.2, 0.25) is 0 Å². The van der Waals surface area contributed by atoms with Gasteiger partial charge in [0.05, 0.1) is 5.56 Å². The molecule has 0 unspecified atom stereocenters.